The normalized spacial score (nSPS) is 17.8. The van der Waals surface area contributed by atoms with Crippen LogP contribution in [0.25, 0.3) is 0 Å². The van der Waals surface area contributed by atoms with Gasteiger partial charge in [0.2, 0.25) is 0 Å². The first kappa shape index (κ1) is 19.6. The minimum atomic E-state index is -0.0482. The first-order valence-electron chi connectivity index (χ1n) is 9.95. The molecule has 0 radical (unpaired) electrons. The molecule has 4 nitrogen and oxygen atoms in total. The van der Waals surface area contributed by atoms with Gasteiger partial charge in [-0.1, -0.05) is 69.9 Å². The quantitative estimate of drug-likeness (QED) is 0.790. The maximum Gasteiger partial charge on any atom is 0.315 e. The summed E-state index contributed by atoms with van der Waals surface area (Å²) in [5, 5.41) is 6.17. The summed E-state index contributed by atoms with van der Waals surface area (Å²) in [6.45, 7) is 0.544. The molecule has 0 aliphatic heterocycles. The number of hydrogen-bond acceptors (Lipinski definition) is 2. The van der Waals surface area contributed by atoms with Crippen LogP contribution in [0.4, 0.5) is 4.79 Å². The van der Waals surface area contributed by atoms with E-state index in [-0.39, 0.29) is 6.03 Å². The molecule has 1 fully saturated rings. The maximum absolute atomic E-state index is 12.2. The predicted octanol–water partition coefficient (Wildman–Crippen LogP) is 5.17. The smallest absolute Gasteiger partial charge is 0.315 e. The lowest BCUT2D eigenvalue weighted by molar-refractivity contribution is 0.234. The number of hydrogen-bond donors (Lipinski definition) is 2. The van der Waals surface area contributed by atoms with Crippen molar-refractivity contribution in [1.82, 2.24) is 10.6 Å². The zero-order chi connectivity index (χ0) is 17.7. The van der Waals surface area contributed by atoms with Gasteiger partial charge in [-0.25, -0.2) is 4.79 Å². The van der Waals surface area contributed by atoms with Crippen molar-refractivity contribution in [3.63, 3.8) is 0 Å². The van der Waals surface area contributed by atoms with Gasteiger partial charge in [0.25, 0.3) is 0 Å². The molecule has 1 aromatic carbocycles. The highest BCUT2D eigenvalue weighted by molar-refractivity contribution is 5.74. The Labute approximate surface area is 152 Å². The Morgan fingerprint density at radius 3 is 1.96 bits per heavy atom. The van der Waals surface area contributed by atoms with E-state index < -0.39 is 0 Å². The van der Waals surface area contributed by atoms with Crippen molar-refractivity contribution < 1.29 is 9.53 Å². The number of carbonyl (C=O) groups is 1. The Bertz CT molecular complexity index is 475. The van der Waals surface area contributed by atoms with Gasteiger partial charge in [0.05, 0.1) is 7.11 Å². The molecule has 2 N–H and O–H groups in total. The number of amides is 2. The number of rotatable bonds is 4. The van der Waals surface area contributed by atoms with Crippen LogP contribution in [-0.4, -0.2) is 19.2 Å². The number of nitrogens with one attached hydrogen (secondary N) is 2. The predicted molar refractivity (Wildman–Crippen MR) is 103 cm³/mol. The van der Waals surface area contributed by atoms with Gasteiger partial charge in [-0.15, -0.1) is 0 Å². The van der Waals surface area contributed by atoms with Gasteiger partial charge in [0.15, 0.2) is 0 Å². The van der Waals surface area contributed by atoms with E-state index in [1.807, 2.05) is 24.3 Å². The highest BCUT2D eigenvalue weighted by Gasteiger charge is 2.12. The molecule has 1 saturated carbocycles. The van der Waals surface area contributed by atoms with Gasteiger partial charge in [-0.3, -0.25) is 0 Å². The monoisotopic (exact) mass is 346 g/mol. The number of benzene rings is 1. The van der Waals surface area contributed by atoms with Crippen molar-refractivity contribution in [1.29, 1.82) is 0 Å². The fourth-order valence-corrected chi connectivity index (χ4v) is 3.47. The molecule has 1 aliphatic rings. The summed E-state index contributed by atoms with van der Waals surface area (Å²) in [4.78, 5) is 12.2. The van der Waals surface area contributed by atoms with Crippen LogP contribution in [0, 0.1) is 0 Å². The Morgan fingerprint density at radius 2 is 1.44 bits per heavy atom. The second kappa shape index (κ2) is 11.8. The third-order valence-electron chi connectivity index (χ3n) is 5.05. The summed E-state index contributed by atoms with van der Waals surface area (Å²) in [5.74, 6) is 0.835. The van der Waals surface area contributed by atoms with Crippen molar-refractivity contribution in [2.75, 3.05) is 7.11 Å². The van der Waals surface area contributed by atoms with Crippen molar-refractivity contribution >= 4 is 6.03 Å². The average Bonchev–Trinajstić information content (AvgIpc) is 2.62. The van der Waals surface area contributed by atoms with Crippen LogP contribution < -0.4 is 15.4 Å². The second-order valence-electron chi connectivity index (χ2n) is 7.13. The lowest BCUT2D eigenvalue weighted by Crippen LogP contribution is -2.41. The molecular formula is C21H34N2O2. The van der Waals surface area contributed by atoms with Crippen LogP contribution in [0.2, 0.25) is 0 Å². The van der Waals surface area contributed by atoms with Gasteiger partial charge in [-0.2, -0.15) is 0 Å². The van der Waals surface area contributed by atoms with E-state index in [4.69, 9.17) is 4.74 Å². The first-order valence-corrected chi connectivity index (χ1v) is 9.95. The molecule has 0 saturated heterocycles. The van der Waals surface area contributed by atoms with E-state index in [0.29, 0.717) is 12.6 Å². The summed E-state index contributed by atoms with van der Waals surface area (Å²) in [7, 11) is 1.66. The largest absolute Gasteiger partial charge is 0.497 e. The van der Waals surface area contributed by atoms with Crippen LogP contribution >= 0.6 is 0 Å². The summed E-state index contributed by atoms with van der Waals surface area (Å²) >= 11 is 0. The molecule has 4 heteroatoms. The average molecular weight is 347 g/mol. The van der Waals surface area contributed by atoms with E-state index >= 15 is 0 Å². The topological polar surface area (TPSA) is 50.4 Å². The molecule has 1 aliphatic carbocycles. The molecule has 0 unspecified atom stereocenters. The van der Waals surface area contributed by atoms with E-state index in [9.17, 15) is 4.79 Å². The van der Waals surface area contributed by atoms with Gasteiger partial charge in [0, 0.05) is 12.6 Å². The van der Waals surface area contributed by atoms with Crippen LogP contribution in [0.5, 0.6) is 5.75 Å². The molecule has 0 spiro atoms. The van der Waals surface area contributed by atoms with Gasteiger partial charge >= 0.3 is 6.03 Å². The van der Waals surface area contributed by atoms with Crippen LogP contribution in [0.3, 0.4) is 0 Å². The summed E-state index contributed by atoms with van der Waals surface area (Å²) in [5.41, 5.74) is 1.08. The third kappa shape index (κ3) is 8.28. The first-order chi connectivity index (χ1) is 12.3. The summed E-state index contributed by atoms with van der Waals surface area (Å²) in [6, 6.07) is 8.07. The number of carbonyl (C=O) groups excluding carboxylic acids is 1. The molecular weight excluding hydrogens is 312 g/mol. The van der Waals surface area contributed by atoms with Gasteiger partial charge in [0.1, 0.15) is 5.75 Å². The van der Waals surface area contributed by atoms with Crippen molar-refractivity contribution in [3.8, 4) is 5.75 Å². The van der Waals surface area contributed by atoms with Gasteiger partial charge < -0.3 is 15.4 Å². The summed E-state index contributed by atoms with van der Waals surface area (Å²) in [6.07, 6.45) is 14.1. The molecule has 2 rings (SSSR count). The molecule has 0 bridgehead atoms. The number of urea groups is 1. The van der Waals surface area contributed by atoms with Crippen molar-refractivity contribution in [2.24, 2.45) is 0 Å². The zero-order valence-corrected chi connectivity index (χ0v) is 15.7. The lowest BCUT2D eigenvalue weighted by atomic mass is 9.98. The van der Waals surface area contributed by atoms with E-state index in [1.165, 1.54) is 57.8 Å². The van der Waals surface area contributed by atoms with Gasteiger partial charge in [-0.05, 0) is 30.5 Å². The van der Waals surface area contributed by atoms with Crippen LogP contribution in [0.1, 0.15) is 76.2 Å². The minimum Gasteiger partial charge on any atom is -0.497 e. The molecule has 2 amide bonds. The Balaban J connectivity index is 1.73. The minimum absolute atomic E-state index is 0.0482. The molecule has 1 aromatic rings. The SMILES string of the molecule is COc1ccc(CNC(=O)NC2CCCCCCCCCCC2)cc1. The third-order valence-corrected chi connectivity index (χ3v) is 5.05. The fourth-order valence-electron chi connectivity index (χ4n) is 3.47. The van der Waals surface area contributed by atoms with E-state index in [0.717, 1.165) is 24.2 Å². The fraction of sp³-hybridized carbons (Fsp3) is 0.667. The highest BCUT2D eigenvalue weighted by atomic mass is 16.5. The lowest BCUT2D eigenvalue weighted by Gasteiger charge is -2.20. The molecule has 0 aromatic heterocycles. The highest BCUT2D eigenvalue weighted by Crippen LogP contribution is 2.17. The number of ether oxygens (including phenoxy) is 1. The Kier molecular flexibility index (Phi) is 9.24. The molecule has 25 heavy (non-hydrogen) atoms. The standard InChI is InChI=1S/C21H34N2O2/c1-25-20-15-13-18(14-16-20)17-22-21(24)23-19-11-9-7-5-3-2-4-6-8-10-12-19/h13-16,19H,2-12,17H2,1H3,(H2,22,23,24). The van der Waals surface area contributed by atoms with Crippen molar-refractivity contribution in [3.05, 3.63) is 29.8 Å². The van der Waals surface area contributed by atoms with Crippen LogP contribution in [0.15, 0.2) is 24.3 Å². The zero-order valence-electron chi connectivity index (χ0n) is 15.7. The maximum atomic E-state index is 12.2. The van der Waals surface area contributed by atoms with Crippen molar-refractivity contribution in [2.45, 2.75) is 83.2 Å². The Hall–Kier alpha value is -1.71. The molecule has 0 atom stereocenters. The van der Waals surface area contributed by atoms with Crippen LogP contribution in [-0.2, 0) is 6.54 Å². The molecule has 140 valence electrons. The van der Waals surface area contributed by atoms with E-state index in [2.05, 4.69) is 10.6 Å². The second-order valence-corrected chi connectivity index (χ2v) is 7.13. The molecule has 0 heterocycles. The summed E-state index contributed by atoms with van der Waals surface area (Å²) < 4.78 is 5.15. The van der Waals surface area contributed by atoms with E-state index in [1.54, 1.807) is 7.11 Å². The number of methoxy groups -OCH3 is 1. The Morgan fingerprint density at radius 1 is 0.920 bits per heavy atom.